The second-order valence-electron chi connectivity index (χ2n) is 13.1. The zero-order valence-corrected chi connectivity index (χ0v) is 28.0. The van der Waals surface area contributed by atoms with Crippen molar-refractivity contribution in [3.8, 4) is 11.1 Å². The molecular weight excluding hydrogens is 587 g/mol. The highest BCUT2D eigenvalue weighted by atomic mass is 28.3. The van der Waals surface area contributed by atoms with Crippen molar-refractivity contribution in [1.82, 2.24) is 24.9 Å². The fourth-order valence-electron chi connectivity index (χ4n) is 6.06. The first-order chi connectivity index (χ1) is 21.4. The van der Waals surface area contributed by atoms with Crippen molar-refractivity contribution in [1.29, 1.82) is 0 Å². The molecule has 0 saturated carbocycles. The maximum absolute atomic E-state index is 14.7. The van der Waals surface area contributed by atoms with Gasteiger partial charge in [0.05, 0.1) is 5.69 Å². The second-order valence-corrected chi connectivity index (χ2v) is 18.7. The molecule has 2 atom stereocenters. The van der Waals surface area contributed by atoms with E-state index in [0.29, 0.717) is 42.9 Å². The Labute approximate surface area is 265 Å². The SMILES string of the molecule is Cc1nn(COCC[Si](C)(C)C)c(C)c1-c1ccc(NC(=O)C(NC(=O)c2ccnn2C)[C@H]2CCCc3c(F)cccc32)cc1. The predicted octanol–water partition coefficient (Wildman–Crippen LogP) is 6.21. The highest BCUT2D eigenvalue weighted by Gasteiger charge is 2.35. The van der Waals surface area contributed by atoms with Gasteiger partial charge in [-0.1, -0.05) is 43.9 Å². The van der Waals surface area contributed by atoms with Crippen molar-refractivity contribution in [3.63, 3.8) is 0 Å². The summed E-state index contributed by atoms with van der Waals surface area (Å²) in [4.78, 5) is 27.2. The average molecular weight is 631 g/mol. The third-order valence-electron chi connectivity index (χ3n) is 8.55. The van der Waals surface area contributed by atoms with Crippen molar-refractivity contribution in [2.45, 2.75) is 77.5 Å². The molecule has 1 aliphatic rings. The summed E-state index contributed by atoms with van der Waals surface area (Å²) in [5.74, 6) is -1.44. The van der Waals surface area contributed by atoms with E-state index < -0.39 is 20.0 Å². The minimum Gasteiger partial charge on any atom is -0.360 e. The topological polar surface area (TPSA) is 103 Å². The highest BCUT2D eigenvalue weighted by molar-refractivity contribution is 6.76. The van der Waals surface area contributed by atoms with Gasteiger partial charge in [-0.05, 0) is 80.1 Å². The summed E-state index contributed by atoms with van der Waals surface area (Å²) < 4.78 is 24.0. The van der Waals surface area contributed by atoms with Crippen LogP contribution in [0, 0.1) is 19.7 Å². The first kappa shape index (κ1) is 32.3. The number of halogens is 1. The number of ether oxygens (including phenoxy) is 1. The van der Waals surface area contributed by atoms with Gasteiger partial charge >= 0.3 is 0 Å². The normalized spacial score (nSPS) is 15.4. The van der Waals surface area contributed by atoms with Crippen molar-refractivity contribution in [3.05, 3.63) is 88.8 Å². The molecule has 11 heteroatoms. The van der Waals surface area contributed by atoms with Crippen LogP contribution in [0.3, 0.4) is 0 Å². The molecule has 0 saturated heterocycles. The third kappa shape index (κ3) is 7.42. The number of amides is 2. The number of carbonyl (C=O) groups excluding carboxylic acids is 2. The van der Waals surface area contributed by atoms with Gasteiger partial charge in [0.1, 0.15) is 24.3 Å². The van der Waals surface area contributed by atoms with Crippen LogP contribution in [0.5, 0.6) is 0 Å². The van der Waals surface area contributed by atoms with E-state index in [-0.39, 0.29) is 17.6 Å². The number of aryl methyl sites for hydroxylation is 2. The summed E-state index contributed by atoms with van der Waals surface area (Å²) in [6.45, 7) is 12.1. The van der Waals surface area contributed by atoms with Crippen LogP contribution in [0.2, 0.25) is 25.7 Å². The van der Waals surface area contributed by atoms with E-state index >= 15 is 0 Å². The minimum atomic E-state index is -1.17. The Morgan fingerprint density at radius 1 is 1.11 bits per heavy atom. The fraction of sp³-hybridized carbons (Fsp3) is 0.412. The van der Waals surface area contributed by atoms with E-state index in [1.807, 2.05) is 48.9 Å². The molecule has 1 aliphatic carbocycles. The minimum absolute atomic E-state index is 0.281. The number of carbonyl (C=O) groups is 2. The van der Waals surface area contributed by atoms with Gasteiger partial charge in [0, 0.05) is 50.8 Å². The molecule has 0 bridgehead atoms. The standard InChI is InChI=1S/C34H43FN6O3Si/c1-22-31(23(2)41(39-22)21-44-19-20-45(4,5)6)24-13-15-25(16-14-24)37-34(43)32(38-33(42)30-17-18-36-40(30)3)28-11-7-10-27-26(28)9-8-12-29(27)35/h8-9,12-18,28,32H,7,10-11,19-21H2,1-6H3,(H,37,43)(H,38,42)/t28-,32?/m0/s1. The van der Waals surface area contributed by atoms with Gasteiger partial charge in [0.15, 0.2) is 0 Å². The van der Waals surface area contributed by atoms with E-state index in [1.165, 1.54) is 16.9 Å². The Morgan fingerprint density at radius 2 is 1.87 bits per heavy atom. The molecule has 5 rings (SSSR count). The largest absolute Gasteiger partial charge is 0.360 e. The maximum atomic E-state index is 14.7. The molecule has 0 aliphatic heterocycles. The number of nitrogens with one attached hydrogen (secondary N) is 2. The van der Waals surface area contributed by atoms with Crippen molar-refractivity contribution >= 4 is 25.6 Å². The Kier molecular flexibility index (Phi) is 9.69. The molecule has 2 N–H and O–H groups in total. The lowest BCUT2D eigenvalue weighted by Crippen LogP contribution is -2.48. The summed E-state index contributed by atoms with van der Waals surface area (Å²) in [7, 11) is 0.505. The maximum Gasteiger partial charge on any atom is 0.270 e. The van der Waals surface area contributed by atoms with Crippen molar-refractivity contribution < 1.29 is 18.7 Å². The number of fused-ring (bicyclic) bond motifs is 1. The van der Waals surface area contributed by atoms with E-state index in [0.717, 1.165) is 40.7 Å². The number of aromatic nitrogens is 4. The molecule has 9 nitrogen and oxygen atoms in total. The Morgan fingerprint density at radius 3 is 2.56 bits per heavy atom. The molecule has 2 amide bonds. The molecule has 0 spiro atoms. The van der Waals surface area contributed by atoms with Gasteiger partial charge in [-0.2, -0.15) is 10.2 Å². The fourth-order valence-corrected chi connectivity index (χ4v) is 6.81. The van der Waals surface area contributed by atoms with E-state index in [9.17, 15) is 14.0 Å². The summed E-state index contributed by atoms with van der Waals surface area (Å²) in [5.41, 5.74) is 6.22. The van der Waals surface area contributed by atoms with Crippen LogP contribution in [0.25, 0.3) is 11.1 Å². The van der Waals surface area contributed by atoms with Crippen LogP contribution in [-0.2, 0) is 29.7 Å². The van der Waals surface area contributed by atoms with E-state index in [4.69, 9.17) is 9.84 Å². The van der Waals surface area contributed by atoms with Crippen molar-refractivity contribution in [2.75, 3.05) is 11.9 Å². The molecule has 45 heavy (non-hydrogen) atoms. The lowest BCUT2D eigenvalue weighted by molar-refractivity contribution is -0.118. The third-order valence-corrected chi connectivity index (χ3v) is 10.3. The smallest absolute Gasteiger partial charge is 0.270 e. The molecule has 0 fully saturated rings. The lowest BCUT2D eigenvalue weighted by Gasteiger charge is -2.32. The number of hydrogen-bond donors (Lipinski definition) is 2. The molecule has 4 aromatic rings. The molecule has 1 unspecified atom stereocenters. The van der Waals surface area contributed by atoms with Gasteiger partial charge < -0.3 is 15.4 Å². The predicted molar refractivity (Wildman–Crippen MR) is 176 cm³/mol. The van der Waals surface area contributed by atoms with E-state index in [1.54, 1.807) is 19.2 Å². The van der Waals surface area contributed by atoms with Gasteiger partial charge in [0.2, 0.25) is 5.91 Å². The van der Waals surface area contributed by atoms with Crippen LogP contribution in [0.4, 0.5) is 10.1 Å². The van der Waals surface area contributed by atoms with Gasteiger partial charge in [-0.25, -0.2) is 9.07 Å². The molecule has 2 heterocycles. The van der Waals surface area contributed by atoms with Crippen LogP contribution in [0.1, 0.15) is 51.8 Å². The van der Waals surface area contributed by atoms with Crippen LogP contribution >= 0.6 is 0 Å². The first-order valence-corrected chi connectivity index (χ1v) is 19.2. The number of rotatable bonds is 11. The van der Waals surface area contributed by atoms with Crippen LogP contribution in [0.15, 0.2) is 54.7 Å². The molecule has 0 radical (unpaired) electrons. The average Bonchev–Trinajstić information content (AvgIpc) is 3.55. The monoisotopic (exact) mass is 630 g/mol. The molecule has 2 aromatic carbocycles. The zero-order chi connectivity index (χ0) is 32.3. The van der Waals surface area contributed by atoms with Gasteiger partial charge in [-0.3, -0.25) is 14.3 Å². The number of nitrogens with zero attached hydrogens (tertiary/aromatic N) is 4. The van der Waals surface area contributed by atoms with Crippen LogP contribution in [-0.4, -0.2) is 52.1 Å². The van der Waals surface area contributed by atoms with Gasteiger partial charge in [0.25, 0.3) is 5.91 Å². The lowest BCUT2D eigenvalue weighted by atomic mass is 9.78. The first-order valence-electron chi connectivity index (χ1n) is 15.5. The second kappa shape index (κ2) is 13.5. The van der Waals surface area contributed by atoms with Gasteiger partial charge in [-0.15, -0.1) is 0 Å². The van der Waals surface area contributed by atoms with Crippen molar-refractivity contribution in [2.24, 2.45) is 7.05 Å². The molecule has 238 valence electrons. The Hall–Kier alpha value is -4.09. The highest BCUT2D eigenvalue weighted by Crippen LogP contribution is 2.36. The Balaban J connectivity index is 1.34. The number of benzene rings is 2. The molecular formula is C34H43FN6O3Si. The molecule has 2 aromatic heterocycles. The summed E-state index contributed by atoms with van der Waals surface area (Å²) >= 11 is 0. The summed E-state index contributed by atoms with van der Waals surface area (Å²) in [5, 5.41) is 14.7. The summed E-state index contributed by atoms with van der Waals surface area (Å²) in [6.07, 6.45) is 3.49. The quantitative estimate of drug-likeness (QED) is 0.152. The number of hydrogen-bond acceptors (Lipinski definition) is 5. The summed E-state index contributed by atoms with van der Waals surface area (Å²) in [6, 6.07) is 14.4. The number of anilines is 1. The Bertz CT molecular complexity index is 1670. The van der Waals surface area contributed by atoms with E-state index in [2.05, 4.69) is 35.4 Å². The zero-order valence-electron chi connectivity index (χ0n) is 27.0. The van der Waals surface area contributed by atoms with Crippen LogP contribution < -0.4 is 10.6 Å².